The number of nitrogens with zero attached hydrogens (tertiary/aromatic N) is 2. The van der Waals surface area contributed by atoms with E-state index in [4.69, 9.17) is 15.6 Å². The van der Waals surface area contributed by atoms with Crippen molar-refractivity contribution >= 4 is 28.3 Å². The van der Waals surface area contributed by atoms with E-state index in [2.05, 4.69) is 10.3 Å². The predicted molar refractivity (Wildman–Crippen MR) is 99.0 cm³/mol. The van der Waals surface area contributed by atoms with Gasteiger partial charge in [0, 0.05) is 30.7 Å². The van der Waals surface area contributed by atoms with Crippen molar-refractivity contribution in [3.05, 3.63) is 11.6 Å². The molecule has 7 nitrogen and oxygen atoms in total. The van der Waals surface area contributed by atoms with Crippen LogP contribution in [-0.2, 0) is 9.59 Å². The van der Waals surface area contributed by atoms with Crippen molar-refractivity contribution in [3.63, 3.8) is 0 Å². The summed E-state index contributed by atoms with van der Waals surface area (Å²) in [6, 6.07) is 0.172. The molecule has 1 atom stereocenters. The number of aromatic nitrogens is 1. The fourth-order valence-electron chi connectivity index (χ4n) is 3.44. The zero-order chi connectivity index (χ0) is 20.7. The molecule has 4 N–H and O–H groups in total. The molecule has 11 heteroatoms. The molecule has 0 bridgehead atoms. The van der Waals surface area contributed by atoms with Crippen molar-refractivity contribution in [1.82, 2.24) is 9.88 Å². The molecule has 0 unspecified atom stereocenters. The van der Waals surface area contributed by atoms with Gasteiger partial charge in [-0.25, -0.2) is 9.78 Å². The van der Waals surface area contributed by atoms with Crippen molar-refractivity contribution in [3.8, 4) is 0 Å². The van der Waals surface area contributed by atoms with Crippen LogP contribution in [0.2, 0.25) is 0 Å². The quantitative estimate of drug-likeness (QED) is 0.689. The lowest BCUT2D eigenvalue weighted by Gasteiger charge is -2.33. The molecular formula is C17H25F3N4O3S. The number of nitrogens with one attached hydrogen (secondary N) is 1. The van der Waals surface area contributed by atoms with Crippen LogP contribution in [0.15, 0.2) is 11.6 Å². The van der Waals surface area contributed by atoms with Gasteiger partial charge in [-0.3, -0.25) is 4.79 Å². The van der Waals surface area contributed by atoms with Crippen LogP contribution in [0.3, 0.4) is 0 Å². The van der Waals surface area contributed by atoms with Crippen LogP contribution >= 0.6 is 11.3 Å². The Bertz CT molecular complexity index is 628. The number of carbonyl (C=O) groups excluding carboxylic acids is 1. The number of aliphatic carboxylic acids is 1. The van der Waals surface area contributed by atoms with E-state index >= 15 is 0 Å². The minimum atomic E-state index is -5.08. The van der Waals surface area contributed by atoms with Crippen LogP contribution in [-0.4, -0.2) is 58.2 Å². The maximum Gasteiger partial charge on any atom is 0.490 e. The number of rotatable bonds is 4. The van der Waals surface area contributed by atoms with Gasteiger partial charge in [-0.2, -0.15) is 13.2 Å². The third-order valence-corrected chi connectivity index (χ3v) is 5.69. The van der Waals surface area contributed by atoms with E-state index in [1.165, 1.54) is 0 Å². The lowest BCUT2D eigenvalue weighted by atomic mass is 9.81. The second kappa shape index (κ2) is 10.1. The SMILES string of the molecule is N[C@H](C(=O)N1CCCC1)C1CCC(Nc2nccs2)CC1.O=C(O)C(F)(F)F. The number of halogens is 3. The fourth-order valence-corrected chi connectivity index (χ4v) is 4.05. The van der Waals surface area contributed by atoms with Gasteiger partial charge in [-0.15, -0.1) is 11.3 Å². The van der Waals surface area contributed by atoms with E-state index in [0.29, 0.717) is 12.0 Å². The van der Waals surface area contributed by atoms with Crippen molar-refractivity contribution in [2.24, 2.45) is 11.7 Å². The van der Waals surface area contributed by atoms with Crippen molar-refractivity contribution < 1.29 is 27.9 Å². The van der Waals surface area contributed by atoms with Crippen LogP contribution in [0, 0.1) is 5.92 Å². The molecule has 2 heterocycles. The smallest absolute Gasteiger partial charge is 0.475 e. The number of amides is 1. The summed E-state index contributed by atoms with van der Waals surface area (Å²) < 4.78 is 31.7. The molecule has 1 aliphatic heterocycles. The van der Waals surface area contributed by atoms with Gasteiger partial charge in [0.25, 0.3) is 0 Å². The summed E-state index contributed by atoms with van der Waals surface area (Å²) in [5.74, 6) is -2.25. The maximum absolute atomic E-state index is 12.4. The molecule has 1 amide bonds. The molecule has 1 aliphatic carbocycles. The molecule has 1 aromatic rings. The Hall–Kier alpha value is -1.88. The van der Waals surface area contributed by atoms with Crippen LogP contribution in [0.1, 0.15) is 38.5 Å². The molecule has 2 fully saturated rings. The molecule has 1 aromatic heterocycles. The summed E-state index contributed by atoms with van der Waals surface area (Å²) in [6.07, 6.45) is 3.21. The Morgan fingerprint density at radius 1 is 1.25 bits per heavy atom. The highest BCUT2D eigenvalue weighted by Crippen LogP contribution is 2.29. The number of thiazole rings is 1. The number of hydrogen-bond acceptors (Lipinski definition) is 6. The van der Waals surface area contributed by atoms with E-state index in [0.717, 1.165) is 56.7 Å². The van der Waals surface area contributed by atoms with Crippen LogP contribution < -0.4 is 11.1 Å². The predicted octanol–water partition coefficient (Wildman–Crippen LogP) is 2.70. The zero-order valence-corrected chi connectivity index (χ0v) is 16.1. The van der Waals surface area contributed by atoms with Gasteiger partial charge >= 0.3 is 12.1 Å². The van der Waals surface area contributed by atoms with E-state index in [1.54, 1.807) is 11.3 Å². The summed E-state index contributed by atoms with van der Waals surface area (Å²) in [5.41, 5.74) is 6.23. The lowest BCUT2D eigenvalue weighted by Crippen LogP contribution is -2.48. The minimum Gasteiger partial charge on any atom is -0.475 e. The first-order valence-electron chi connectivity index (χ1n) is 9.19. The van der Waals surface area contributed by atoms with Crippen LogP contribution in [0.25, 0.3) is 0 Å². The van der Waals surface area contributed by atoms with Crippen LogP contribution in [0.4, 0.5) is 18.3 Å². The fraction of sp³-hybridized carbons (Fsp3) is 0.706. The first-order valence-corrected chi connectivity index (χ1v) is 10.1. The summed E-state index contributed by atoms with van der Waals surface area (Å²) >= 11 is 1.64. The third kappa shape index (κ3) is 6.62. The average Bonchev–Trinajstić information content (AvgIpc) is 3.35. The van der Waals surface area contributed by atoms with Crippen molar-refractivity contribution in [1.29, 1.82) is 0 Å². The Labute approximate surface area is 165 Å². The second-order valence-electron chi connectivity index (χ2n) is 6.95. The Kier molecular flexibility index (Phi) is 8.05. The van der Waals surface area contributed by atoms with Gasteiger partial charge in [0.2, 0.25) is 5.91 Å². The number of nitrogens with two attached hydrogens (primary N) is 1. The second-order valence-corrected chi connectivity index (χ2v) is 7.85. The normalized spacial score (nSPS) is 23.5. The van der Waals surface area contributed by atoms with E-state index in [-0.39, 0.29) is 11.9 Å². The van der Waals surface area contributed by atoms with E-state index < -0.39 is 12.1 Å². The first kappa shape index (κ1) is 22.4. The molecule has 0 radical (unpaired) electrons. The molecule has 28 heavy (non-hydrogen) atoms. The molecular weight excluding hydrogens is 397 g/mol. The molecule has 3 rings (SSSR count). The molecule has 1 saturated heterocycles. The first-order chi connectivity index (χ1) is 13.2. The van der Waals surface area contributed by atoms with Gasteiger partial charge in [-0.1, -0.05) is 0 Å². The van der Waals surface area contributed by atoms with Crippen LogP contribution in [0.5, 0.6) is 0 Å². The molecule has 1 saturated carbocycles. The zero-order valence-electron chi connectivity index (χ0n) is 15.3. The highest BCUT2D eigenvalue weighted by Gasteiger charge is 2.38. The van der Waals surface area contributed by atoms with Gasteiger partial charge in [0.15, 0.2) is 5.13 Å². The summed E-state index contributed by atoms with van der Waals surface area (Å²) in [4.78, 5) is 27.5. The Balaban J connectivity index is 0.000000345. The summed E-state index contributed by atoms with van der Waals surface area (Å²) in [7, 11) is 0. The molecule has 158 valence electrons. The average molecular weight is 422 g/mol. The van der Waals surface area contributed by atoms with Crippen molar-refractivity contribution in [2.75, 3.05) is 18.4 Å². The molecule has 0 spiro atoms. The largest absolute Gasteiger partial charge is 0.490 e. The topological polar surface area (TPSA) is 109 Å². The number of carbonyl (C=O) groups is 2. The number of likely N-dealkylation sites (tertiary alicyclic amines) is 1. The summed E-state index contributed by atoms with van der Waals surface area (Å²) in [6.45, 7) is 1.79. The van der Waals surface area contributed by atoms with E-state index in [9.17, 15) is 18.0 Å². The highest BCUT2D eigenvalue weighted by atomic mass is 32.1. The van der Waals surface area contributed by atoms with Gasteiger partial charge < -0.3 is 21.1 Å². The lowest BCUT2D eigenvalue weighted by molar-refractivity contribution is -0.192. The van der Waals surface area contributed by atoms with E-state index in [1.807, 2.05) is 16.5 Å². The minimum absolute atomic E-state index is 0.170. The van der Waals surface area contributed by atoms with Gasteiger partial charge in [-0.05, 0) is 44.4 Å². The number of hydrogen-bond donors (Lipinski definition) is 3. The van der Waals surface area contributed by atoms with Gasteiger partial charge in [0.05, 0.1) is 6.04 Å². The Morgan fingerprint density at radius 2 is 1.82 bits per heavy atom. The van der Waals surface area contributed by atoms with Crippen molar-refractivity contribution in [2.45, 2.75) is 56.8 Å². The standard InChI is InChI=1S/C15H24N4OS.C2HF3O2/c16-13(14(20)19-8-1-2-9-19)11-3-5-12(6-4-11)18-15-17-7-10-21-15;3-2(4,5)1(6)7/h7,10-13H,1-6,8-9,16H2,(H,17,18);(H,6,7)/t11?,12?,13-;/m0./s1. The Morgan fingerprint density at radius 3 is 2.29 bits per heavy atom. The maximum atomic E-state index is 12.4. The molecule has 2 aliphatic rings. The highest BCUT2D eigenvalue weighted by molar-refractivity contribution is 7.13. The summed E-state index contributed by atoms with van der Waals surface area (Å²) in [5, 5.41) is 13.6. The monoisotopic (exact) mass is 422 g/mol. The molecule has 0 aromatic carbocycles. The third-order valence-electron chi connectivity index (χ3n) is 4.99. The van der Waals surface area contributed by atoms with Gasteiger partial charge in [0.1, 0.15) is 0 Å². The number of alkyl halides is 3. The number of carboxylic acid groups (broad SMARTS) is 1. The number of anilines is 1. The number of carboxylic acids is 1.